The Labute approximate surface area is 112 Å². The number of rotatable bonds is 4. The zero-order valence-corrected chi connectivity index (χ0v) is 11.2. The fraction of sp³-hybridized carbons (Fsp3) is 0.400. The molecule has 4 heteroatoms. The van der Waals surface area contributed by atoms with Gasteiger partial charge in [-0.2, -0.15) is 5.10 Å². The molecule has 4 nitrogen and oxygen atoms in total. The third-order valence-corrected chi connectivity index (χ3v) is 3.53. The van der Waals surface area contributed by atoms with Gasteiger partial charge in [-0.25, -0.2) is 4.68 Å². The Morgan fingerprint density at radius 3 is 2.79 bits per heavy atom. The summed E-state index contributed by atoms with van der Waals surface area (Å²) in [4.78, 5) is 0. The molecule has 0 aliphatic heterocycles. The number of nitrogens with zero attached hydrogens (tertiary/aromatic N) is 2. The highest BCUT2D eigenvalue weighted by Crippen LogP contribution is 2.39. The fourth-order valence-corrected chi connectivity index (χ4v) is 2.40. The van der Waals surface area contributed by atoms with Gasteiger partial charge in [-0.1, -0.05) is 6.07 Å². The quantitative estimate of drug-likeness (QED) is 0.917. The number of aromatic nitrogens is 2. The van der Waals surface area contributed by atoms with Crippen molar-refractivity contribution < 1.29 is 9.84 Å². The molecule has 0 bridgehead atoms. The Bertz CT molecular complexity index is 586. The van der Waals surface area contributed by atoms with Crippen LogP contribution in [0.1, 0.15) is 43.0 Å². The molecule has 1 unspecified atom stereocenters. The maximum Gasteiger partial charge on any atom is 0.126 e. The first-order chi connectivity index (χ1) is 9.20. The summed E-state index contributed by atoms with van der Waals surface area (Å²) in [5.74, 6) is 1.32. The van der Waals surface area contributed by atoms with Crippen molar-refractivity contribution in [3.8, 4) is 11.4 Å². The van der Waals surface area contributed by atoms with E-state index >= 15 is 0 Å². The number of aliphatic hydroxyl groups excluding tert-OH is 1. The summed E-state index contributed by atoms with van der Waals surface area (Å²) < 4.78 is 7.17. The topological polar surface area (TPSA) is 47.3 Å². The van der Waals surface area contributed by atoms with Crippen LogP contribution < -0.4 is 4.74 Å². The average molecular weight is 258 g/mol. The molecule has 1 N–H and O–H groups in total. The Morgan fingerprint density at radius 1 is 1.37 bits per heavy atom. The van der Waals surface area contributed by atoms with Gasteiger partial charge >= 0.3 is 0 Å². The Balaban J connectivity index is 2.07. The summed E-state index contributed by atoms with van der Waals surface area (Å²) >= 11 is 0. The second-order valence-corrected chi connectivity index (χ2v) is 5.03. The van der Waals surface area contributed by atoms with Crippen molar-refractivity contribution in [1.29, 1.82) is 0 Å². The number of hydrogen-bond donors (Lipinski definition) is 1. The van der Waals surface area contributed by atoms with Gasteiger partial charge in [0.15, 0.2) is 0 Å². The molecule has 1 aromatic carbocycles. The summed E-state index contributed by atoms with van der Waals surface area (Å²) in [6.45, 7) is 1.74. The third kappa shape index (κ3) is 2.24. The molecule has 1 saturated carbocycles. The molecule has 0 spiro atoms. The molecule has 1 heterocycles. The molecule has 100 valence electrons. The van der Waals surface area contributed by atoms with Crippen molar-refractivity contribution in [2.75, 3.05) is 7.11 Å². The number of hydrogen-bond acceptors (Lipinski definition) is 3. The van der Waals surface area contributed by atoms with Gasteiger partial charge in [0.1, 0.15) is 5.75 Å². The molecule has 1 aromatic heterocycles. The van der Waals surface area contributed by atoms with E-state index in [1.165, 1.54) is 12.8 Å². The highest BCUT2D eigenvalue weighted by molar-refractivity contribution is 5.50. The third-order valence-electron chi connectivity index (χ3n) is 3.53. The molecular weight excluding hydrogens is 240 g/mol. The minimum Gasteiger partial charge on any atom is -0.496 e. The van der Waals surface area contributed by atoms with E-state index in [-0.39, 0.29) is 0 Å². The number of ether oxygens (including phenoxy) is 1. The molecule has 1 aliphatic rings. The van der Waals surface area contributed by atoms with Crippen LogP contribution in [0.15, 0.2) is 30.5 Å². The minimum atomic E-state index is -0.597. The van der Waals surface area contributed by atoms with Crippen LogP contribution in [-0.4, -0.2) is 22.0 Å². The van der Waals surface area contributed by atoms with Gasteiger partial charge in [-0.05, 0) is 38.0 Å². The van der Waals surface area contributed by atoms with Crippen molar-refractivity contribution >= 4 is 0 Å². The lowest BCUT2D eigenvalue weighted by Gasteiger charge is -2.15. The van der Waals surface area contributed by atoms with E-state index in [1.54, 1.807) is 14.0 Å². The van der Waals surface area contributed by atoms with E-state index < -0.39 is 6.10 Å². The molecular formula is C15H18N2O2. The van der Waals surface area contributed by atoms with Gasteiger partial charge in [0.05, 0.1) is 24.6 Å². The fourth-order valence-electron chi connectivity index (χ4n) is 2.40. The van der Waals surface area contributed by atoms with Crippen LogP contribution in [0.25, 0.3) is 5.69 Å². The molecule has 0 amide bonds. The van der Waals surface area contributed by atoms with Gasteiger partial charge in [-0.3, -0.25) is 0 Å². The lowest BCUT2D eigenvalue weighted by Crippen LogP contribution is -2.05. The molecule has 1 atom stereocenters. The first-order valence-corrected chi connectivity index (χ1v) is 6.61. The summed E-state index contributed by atoms with van der Waals surface area (Å²) in [6.07, 6.45) is 3.82. The van der Waals surface area contributed by atoms with E-state index in [4.69, 9.17) is 4.74 Å². The molecule has 19 heavy (non-hydrogen) atoms. The van der Waals surface area contributed by atoms with Crippen LogP contribution in [0, 0.1) is 0 Å². The van der Waals surface area contributed by atoms with Gasteiger partial charge in [0.25, 0.3) is 0 Å². The molecule has 1 aliphatic carbocycles. The maximum atomic E-state index is 9.99. The van der Waals surface area contributed by atoms with Crippen LogP contribution in [-0.2, 0) is 0 Å². The van der Waals surface area contributed by atoms with Crippen molar-refractivity contribution in [2.45, 2.75) is 31.8 Å². The predicted molar refractivity (Wildman–Crippen MR) is 72.7 cm³/mol. The monoisotopic (exact) mass is 258 g/mol. The number of methoxy groups -OCH3 is 1. The van der Waals surface area contributed by atoms with Crippen molar-refractivity contribution in [1.82, 2.24) is 9.78 Å². The van der Waals surface area contributed by atoms with Gasteiger partial charge in [0, 0.05) is 17.7 Å². The Kier molecular flexibility index (Phi) is 3.03. The SMILES string of the molecule is COc1cccc(-n2ccc(C3CC3)n2)c1C(C)O. The largest absolute Gasteiger partial charge is 0.496 e. The molecule has 2 aromatic rings. The Hall–Kier alpha value is -1.81. The zero-order chi connectivity index (χ0) is 13.4. The zero-order valence-electron chi connectivity index (χ0n) is 11.2. The first kappa shape index (κ1) is 12.2. The summed E-state index contributed by atoms with van der Waals surface area (Å²) in [5, 5.41) is 14.6. The lowest BCUT2D eigenvalue weighted by atomic mass is 10.1. The molecule has 0 radical (unpaired) electrons. The van der Waals surface area contributed by atoms with E-state index in [0.717, 1.165) is 16.9 Å². The van der Waals surface area contributed by atoms with Crippen LogP contribution >= 0.6 is 0 Å². The number of aliphatic hydroxyl groups is 1. The van der Waals surface area contributed by atoms with Crippen molar-refractivity contribution in [3.63, 3.8) is 0 Å². The van der Waals surface area contributed by atoms with Crippen LogP contribution in [0.3, 0.4) is 0 Å². The van der Waals surface area contributed by atoms with Gasteiger partial charge in [-0.15, -0.1) is 0 Å². The molecule has 3 rings (SSSR count). The average Bonchev–Trinajstić information content (AvgIpc) is 3.15. The van der Waals surface area contributed by atoms with E-state index in [1.807, 2.05) is 29.1 Å². The standard InChI is InChI=1S/C15H18N2O2/c1-10(18)15-13(4-3-5-14(15)19-2)17-9-8-12(16-17)11-6-7-11/h3-5,8-11,18H,6-7H2,1-2H3. The van der Waals surface area contributed by atoms with E-state index in [2.05, 4.69) is 11.2 Å². The second kappa shape index (κ2) is 4.70. The second-order valence-electron chi connectivity index (χ2n) is 5.03. The number of benzene rings is 1. The Morgan fingerprint density at radius 2 is 2.16 bits per heavy atom. The molecule has 0 saturated heterocycles. The highest BCUT2D eigenvalue weighted by Gasteiger charge is 2.26. The predicted octanol–water partition coefficient (Wildman–Crippen LogP) is 2.81. The minimum absolute atomic E-state index is 0.597. The highest BCUT2D eigenvalue weighted by atomic mass is 16.5. The smallest absolute Gasteiger partial charge is 0.126 e. The van der Waals surface area contributed by atoms with Gasteiger partial charge < -0.3 is 9.84 Å². The van der Waals surface area contributed by atoms with E-state index in [0.29, 0.717) is 11.7 Å². The van der Waals surface area contributed by atoms with Crippen LogP contribution in [0.5, 0.6) is 5.75 Å². The van der Waals surface area contributed by atoms with Gasteiger partial charge in [0.2, 0.25) is 0 Å². The van der Waals surface area contributed by atoms with Crippen LogP contribution in [0.4, 0.5) is 0 Å². The van der Waals surface area contributed by atoms with E-state index in [9.17, 15) is 5.11 Å². The summed E-state index contributed by atoms with van der Waals surface area (Å²) in [5.41, 5.74) is 2.79. The lowest BCUT2D eigenvalue weighted by molar-refractivity contribution is 0.194. The summed E-state index contributed by atoms with van der Waals surface area (Å²) in [7, 11) is 1.61. The first-order valence-electron chi connectivity index (χ1n) is 6.61. The van der Waals surface area contributed by atoms with Crippen molar-refractivity contribution in [3.05, 3.63) is 41.7 Å². The molecule has 1 fully saturated rings. The summed E-state index contributed by atoms with van der Waals surface area (Å²) in [6, 6.07) is 7.78. The maximum absolute atomic E-state index is 9.99. The normalized spacial score (nSPS) is 16.4. The van der Waals surface area contributed by atoms with Crippen LogP contribution in [0.2, 0.25) is 0 Å². The van der Waals surface area contributed by atoms with Crippen molar-refractivity contribution in [2.24, 2.45) is 0 Å².